The minimum absolute atomic E-state index is 0.0582. The topological polar surface area (TPSA) is 84.2 Å². The van der Waals surface area contributed by atoms with E-state index < -0.39 is 35.4 Å². The van der Waals surface area contributed by atoms with Crippen LogP contribution in [0.4, 0.5) is 13.2 Å². The lowest BCUT2D eigenvalue weighted by Gasteiger charge is -2.12. The van der Waals surface area contributed by atoms with Crippen LogP contribution in [0.1, 0.15) is 29.4 Å². The SMILES string of the molecule is CCC(NC(=O)c1cn(C)nc1C(F)(F)F)C(=O)O. The number of carboxylic acid groups (broad SMARTS) is 1. The fourth-order valence-electron chi connectivity index (χ4n) is 1.44. The summed E-state index contributed by atoms with van der Waals surface area (Å²) < 4.78 is 38.7. The van der Waals surface area contributed by atoms with E-state index in [0.29, 0.717) is 0 Å². The van der Waals surface area contributed by atoms with Crippen LogP contribution in [-0.2, 0) is 18.0 Å². The summed E-state index contributed by atoms with van der Waals surface area (Å²) in [6.45, 7) is 1.49. The van der Waals surface area contributed by atoms with Gasteiger partial charge in [-0.1, -0.05) is 6.92 Å². The van der Waals surface area contributed by atoms with Gasteiger partial charge in [-0.25, -0.2) is 4.79 Å². The number of nitrogens with zero attached hydrogens (tertiary/aromatic N) is 2. The first-order valence-electron chi connectivity index (χ1n) is 5.31. The molecule has 1 heterocycles. The van der Waals surface area contributed by atoms with E-state index in [1.807, 2.05) is 5.32 Å². The summed E-state index contributed by atoms with van der Waals surface area (Å²) >= 11 is 0. The molecule has 0 bridgehead atoms. The number of hydrogen-bond donors (Lipinski definition) is 2. The van der Waals surface area contributed by atoms with Gasteiger partial charge in [0.1, 0.15) is 6.04 Å². The zero-order valence-corrected chi connectivity index (χ0v) is 10.2. The number of carbonyl (C=O) groups is 2. The molecule has 0 aliphatic carbocycles. The lowest BCUT2D eigenvalue weighted by Crippen LogP contribution is -2.40. The number of aryl methyl sites for hydroxylation is 1. The summed E-state index contributed by atoms with van der Waals surface area (Å²) in [6, 6.07) is -1.24. The molecule has 9 heteroatoms. The minimum Gasteiger partial charge on any atom is -0.480 e. The van der Waals surface area contributed by atoms with E-state index in [0.717, 1.165) is 10.9 Å². The fraction of sp³-hybridized carbons (Fsp3) is 0.500. The van der Waals surface area contributed by atoms with Gasteiger partial charge in [0.15, 0.2) is 5.69 Å². The number of amides is 1. The van der Waals surface area contributed by atoms with Crippen LogP contribution in [0.15, 0.2) is 6.20 Å². The Balaban J connectivity index is 3.03. The predicted molar refractivity (Wildman–Crippen MR) is 57.4 cm³/mol. The summed E-state index contributed by atoms with van der Waals surface area (Å²) in [5.41, 5.74) is -2.04. The highest BCUT2D eigenvalue weighted by atomic mass is 19.4. The molecular formula is C10H12F3N3O3. The average Bonchev–Trinajstić information content (AvgIpc) is 2.67. The maximum atomic E-state index is 12.6. The summed E-state index contributed by atoms with van der Waals surface area (Å²) in [4.78, 5) is 22.4. The van der Waals surface area contributed by atoms with Crippen molar-refractivity contribution < 1.29 is 27.9 Å². The summed E-state index contributed by atoms with van der Waals surface area (Å²) in [5, 5.41) is 13.9. The Kier molecular flexibility index (Phi) is 4.17. The molecule has 0 aliphatic heterocycles. The third-order valence-electron chi connectivity index (χ3n) is 2.35. The van der Waals surface area contributed by atoms with Gasteiger partial charge < -0.3 is 10.4 Å². The summed E-state index contributed by atoms with van der Waals surface area (Å²) in [7, 11) is 1.24. The van der Waals surface area contributed by atoms with E-state index in [2.05, 4.69) is 5.10 Å². The molecule has 1 amide bonds. The Bertz CT molecular complexity index is 496. The second-order valence-corrected chi connectivity index (χ2v) is 3.84. The number of alkyl halides is 3. The third-order valence-corrected chi connectivity index (χ3v) is 2.35. The standard InChI is InChI=1S/C10H12F3N3O3/c1-3-6(9(18)19)14-8(17)5-4-16(2)15-7(5)10(11,12)13/h4,6H,3H2,1-2H3,(H,14,17)(H,18,19). The van der Waals surface area contributed by atoms with Gasteiger partial charge in [0.05, 0.1) is 5.56 Å². The predicted octanol–water partition coefficient (Wildman–Crippen LogP) is 1.03. The van der Waals surface area contributed by atoms with E-state index in [4.69, 9.17) is 5.11 Å². The zero-order chi connectivity index (χ0) is 14.8. The third kappa shape index (κ3) is 3.46. The quantitative estimate of drug-likeness (QED) is 0.862. The van der Waals surface area contributed by atoms with Crippen molar-refractivity contribution in [2.45, 2.75) is 25.6 Å². The molecule has 6 nitrogen and oxygen atoms in total. The van der Waals surface area contributed by atoms with Crippen LogP contribution in [0.5, 0.6) is 0 Å². The van der Waals surface area contributed by atoms with Crippen molar-refractivity contribution in [1.82, 2.24) is 15.1 Å². The smallest absolute Gasteiger partial charge is 0.435 e. The van der Waals surface area contributed by atoms with Crippen LogP contribution >= 0.6 is 0 Å². The molecule has 0 aromatic carbocycles. The van der Waals surface area contributed by atoms with Crippen LogP contribution in [-0.4, -0.2) is 32.8 Å². The van der Waals surface area contributed by atoms with E-state index in [1.54, 1.807) is 0 Å². The highest BCUT2D eigenvalue weighted by molar-refractivity contribution is 5.97. The van der Waals surface area contributed by atoms with Crippen molar-refractivity contribution in [1.29, 1.82) is 0 Å². The molecule has 0 fully saturated rings. The number of nitrogens with one attached hydrogen (secondary N) is 1. The molecular weight excluding hydrogens is 267 g/mol. The van der Waals surface area contributed by atoms with Gasteiger partial charge in [-0.3, -0.25) is 9.48 Å². The number of aliphatic carboxylic acids is 1. The number of carbonyl (C=O) groups excluding carboxylic acids is 1. The first-order valence-corrected chi connectivity index (χ1v) is 5.31. The second-order valence-electron chi connectivity index (χ2n) is 3.84. The monoisotopic (exact) mass is 279 g/mol. The highest BCUT2D eigenvalue weighted by Crippen LogP contribution is 2.30. The molecule has 0 saturated heterocycles. The normalized spacial score (nSPS) is 13.1. The van der Waals surface area contributed by atoms with Crippen molar-refractivity contribution in [3.63, 3.8) is 0 Å². The van der Waals surface area contributed by atoms with Gasteiger partial charge >= 0.3 is 12.1 Å². The maximum Gasteiger partial charge on any atom is 0.435 e. The molecule has 1 aromatic rings. The molecule has 2 N–H and O–H groups in total. The number of hydrogen-bond acceptors (Lipinski definition) is 3. The Morgan fingerprint density at radius 2 is 2.11 bits per heavy atom. The van der Waals surface area contributed by atoms with Gasteiger partial charge in [0.2, 0.25) is 0 Å². The van der Waals surface area contributed by atoms with E-state index in [9.17, 15) is 22.8 Å². The first kappa shape index (κ1) is 15.0. The highest BCUT2D eigenvalue weighted by Gasteiger charge is 2.39. The van der Waals surface area contributed by atoms with Crippen molar-refractivity contribution >= 4 is 11.9 Å². The Morgan fingerprint density at radius 3 is 2.53 bits per heavy atom. The van der Waals surface area contributed by atoms with Gasteiger partial charge in [-0.05, 0) is 6.42 Å². The number of halogens is 3. The second kappa shape index (κ2) is 5.29. The van der Waals surface area contributed by atoms with E-state index in [1.165, 1.54) is 14.0 Å². The van der Waals surface area contributed by atoms with Gasteiger partial charge in [0, 0.05) is 13.2 Å². The number of carboxylic acids is 1. The Morgan fingerprint density at radius 1 is 1.53 bits per heavy atom. The van der Waals surface area contributed by atoms with Crippen LogP contribution in [0.2, 0.25) is 0 Å². The largest absolute Gasteiger partial charge is 0.480 e. The lowest BCUT2D eigenvalue weighted by atomic mass is 10.2. The first-order chi connectivity index (χ1) is 8.66. The molecule has 0 radical (unpaired) electrons. The molecule has 1 atom stereocenters. The minimum atomic E-state index is -4.78. The lowest BCUT2D eigenvalue weighted by molar-refractivity contribution is -0.141. The van der Waals surface area contributed by atoms with Gasteiger partial charge in [-0.15, -0.1) is 0 Å². The van der Waals surface area contributed by atoms with Gasteiger partial charge in [0.25, 0.3) is 5.91 Å². The van der Waals surface area contributed by atoms with E-state index in [-0.39, 0.29) is 6.42 Å². The average molecular weight is 279 g/mol. The fourth-order valence-corrected chi connectivity index (χ4v) is 1.44. The van der Waals surface area contributed by atoms with Gasteiger partial charge in [-0.2, -0.15) is 18.3 Å². The Labute approximate surface area is 106 Å². The number of rotatable bonds is 4. The molecule has 1 aromatic heterocycles. The maximum absolute atomic E-state index is 12.6. The zero-order valence-electron chi connectivity index (χ0n) is 10.2. The van der Waals surface area contributed by atoms with Crippen molar-refractivity contribution in [2.75, 3.05) is 0 Å². The van der Waals surface area contributed by atoms with Crippen molar-refractivity contribution in [2.24, 2.45) is 7.05 Å². The molecule has 0 saturated carbocycles. The summed E-state index contributed by atoms with van der Waals surface area (Å²) in [6.07, 6.45) is -3.83. The molecule has 0 aliphatic rings. The van der Waals surface area contributed by atoms with Crippen LogP contribution in [0.3, 0.4) is 0 Å². The molecule has 1 unspecified atom stereocenters. The van der Waals surface area contributed by atoms with Crippen LogP contribution in [0, 0.1) is 0 Å². The van der Waals surface area contributed by atoms with Crippen molar-refractivity contribution in [3.05, 3.63) is 17.5 Å². The van der Waals surface area contributed by atoms with Crippen LogP contribution < -0.4 is 5.32 Å². The van der Waals surface area contributed by atoms with Crippen LogP contribution in [0.25, 0.3) is 0 Å². The van der Waals surface area contributed by atoms with E-state index >= 15 is 0 Å². The molecule has 106 valence electrons. The molecule has 1 rings (SSSR count). The molecule has 19 heavy (non-hydrogen) atoms. The summed E-state index contributed by atoms with van der Waals surface area (Å²) in [5.74, 6) is -2.43. The number of aromatic nitrogens is 2. The Hall–Kier alpha value is -2.06. The van der Waals surface area contributed by atoms with Crippen molar-refractivity contribution in [3.8, 4) is 0 Å². The molecule has 0 spiro atoms.